The molecule has 4 heteroatoms. The van der Waals surface area contributed by atoms with Crippen LogP contribution in [0, 0.1) is 0 Å². The molecule has 2 aromatic heterocycles. The second kappa shape index (κ2) is 4.97. The number of nitrogens with zero attached hydrogens (tertiary/aromatic N) is 2. The van der Waals surface area contributed by atoms with E-state index in [4.69, 9.17) is 0 Å². The molecule has 3 nitrogen and oxygen atoms in total. The van der Waals surface area contributed by atoms with Crippen molar-refractivity contribution in [1.29, 1.82) is 0 Å². The molecule has 0 saturated carbocycles. The lowest BCUT2D eigenvalue weighted by atomic mass is 9.98. The van der Waals surface area contributed by atoms with Crippen LogP contribution in [0.2, 0.25) is 0 Å². The Morgan fingerprint density at radius 2 is 2.26 bits per heavy atom. The van der Waals surface area contributed by atoms with Crippen LogP contribution < -0.4 is 5.56 Å². The third-order valence-corrected chi connectivity index (χ3v) is 3.88. The van der Waals surface area contributed by atoms with Gasteiger partial charge in [-0.15, -0.1) is 0 Å². The molecule has 0 N–H and O–H groups in total. The van der Waals surface area contributed by atoms with E-state index in [1.165, 1.54) is 4.68 Å². The zero-order valence-corrected chi connectivity index (χ0v) is 11.5. The number of aryl methyl sites for hydroxylation is 1. The van der Waals surface area contributed by atoms with Crippen molar-refractivity contribution in [3.8, 4) is 11.1 Å². The number of thiophene rings is 1. The average Bonchev–Trinajstić information content (AvgIpc) is 2.96. The molecule has 0 amide bonds. The molecule has 0 spiro atoms. The van der Waals surface area contributed by atoms with E-state index in [-0.39, 0.29) is 5.56 Å². The molecule has 0 fully saturated rings. The van der Waals surface area contributed by atoms with Crippen LogP contribution in [0.25, 0.3) is 16.7 Å². The Bertz CT molecular complexity index is 708. The second-order valence-corrected chi connectivity index (χ2v) is 5.30. The number of hydrogen-bond acceptors (Lipinski definition) is 3. The fourth-order valence-corrected chi connectivity index (χ4v) is 2.83. The lowest BCUT2D eigenvalue weighted by Gasteiger charge is -2.12. The van der Waals surface area contributed by atoms with Crippen LogP contribution in [0.15, 0.2) is 45.9 Å². The van der Waals surface area contributed by atoms with Crippen LogP contribution in [-0.2, 0) is 7.05 Å². The standard InChI is InChI=1S/C15H14N2OS/c1-17-14(18)9-13(12-7-8-19-10-12)15(16-17)11-5-3-2-4-6-11/h3,5-10H,2,4H2,1H3. The molecule has 96 valence electrons. The minimum absolute atomic E-state index is 0.0784. The third kappa shape index (κ3) is 2.31. The first kappa shape index (κ1) is 12.1. The molecule has 2 heterocycles. The monoisotopic (exact) mass is 270 g/mol. The van der Waals surface area contributed by atoms with Gasteiger partial charge in [0.2, 0.25) is 0 Å². The van der Waals surface area contributed by atoms with Gasteiger partial charge in [0.1, 0.15) is 0 Å². The van der Waals surface area contributed by atoms with Crippen molar-refractivity contribution in [1.82, 2.24) is 9.78 Å². The van der Waals surface area contributed by atoms with Gasteiger partial charge in [-0.05, 0) is 40.8 Å². The molecule has 0 bridgehead atoms. The maximum atomic E-state index is 11.8. The Morgan fingerprint density at radius 3 is 2.95 bits per heavy atom. The van der Waals surface area contributed by atoms with Crippen molar-refractivity contribution < 1.29 is 0 Å². The number of rotatable bonds is 2. The Labute approximate surface area is 115 Å². The smallest absolute Gasteiger partial charge is 0.267 e. The Morgan fingerprint density at radius 1 is 1.37 bits per heavy atom. The van der Waals surface area contributed by atoms with E-state index in [2.05, 4.69) is 23.3 Å². The van der Waals surface area contributed by atoms with E-state index in [1.807, 2.05) is 16.8 Å². The van der Waals surface area contributed by atoms with Crippen molar-refractivity contribution in [2.45, 2.75) is 12.8 Å². The van der Waals surface area contributed by atoms with Gasteiger partial charge in [0.15, 0.2) is 0 Å². The SMILES string of the molecule is Cn1nc(C2=CCCC=C2)c(-c2ccsc2)cc1=O. The number of aromatic nitrogens is 2. The normalized spacial score (nSPS) is 14.5. The van der Waals surface area contributed by atoms with Gasteiger partial charge in [-0.2, -0.15) is 16.4 Å². The quantitative estimate of drug-likeness (QED) is 0.839. The fraction of sp³-hybridized carbons (Fsp3) is 0.200. The molecule has 0 saturated heterocycles. The topological polar surface area (TPSA) is 34.9 Å². The molecule has 0 aliphatic heterocycles. The van der Waals surface area contributed by atoms with Crippen LogP contribution in [0.3, 0.4) is 0 Å². The van der Waals surface area contributed by atoms with Crippen molar-refractivity contribution in [3.05, 3.63) is 57.2 Å². The molecule has 0 radical (unpaired) electrons. The zero-order chi connectivity index (χ0) is 13.2. The van der Waals surface area contributed by atoms with Crippen LogP contribution in [0.4, 0.5) is 0 Å². The fourth-order valence-electron chi connectivity index (χ4n) is 2.18. The molecule has 1 aliphatic carbocycles. The number of allylic oxidation sites excluding steroid dienone is 4. The summed E-state index contributed by atoms with van der Waals surface area (Å²) in [5.41, 5.74) is 3.89. The second-order valence-electron chi connectivity index (χ2n) is 4.52. The molecular weight excluding hydrogens is 256 g/mol. The van der Waals surface area contributed by atoms with Crippen molar-refractivity contribution in [2.75, 3.05) is 0 Å². The summed E-state index contributed by atoms with van der Waals surface area (Å²) in [5.74, 6) is 0. The summed E-state index contributed by atoms with van der Waals surface area (Å²) in [7, 11) is 1.69. The van der Waals surface area contributed by atoms with E-state index in [0.717, 1.165) is 35.2 Å². The van der Waals surface area contributed by atoms with E-state index in [9.17, 15) is 4.79 Å². The minimum atomic E-state index is -0.0784. The highest BCUT2D eigenvalue weighted by Crippen LogP contribution is 2.30. The predicted molar refractivity (Wildman–Crippen MR) is 79.1 cm³/mol. The summed E-state index contributed by atoms with van der Waals surface area (Å²) < 4.78 is 1.40. The highest BCUT2D eigenvalue weighted by atomic mass is 32.1. The van der Waals surface area contributed by atoms with Crippen molar-refractivity contribution in [3.63, 3.8) is 0 Å². The zero-order valence-electron chi connectivity index (χ0n) is 10.7. The highest BCUT2D eigenvalue weighted by molar-refractivity contribution is 7.08. The van der Waals surface area contributed by atoms with Gasteiger partial charge < -0.3 is 0 Å². The third-order valence-electron chi connectivity index (χ3n) is 3.19. The van der Waals surface area contributed by atoms with Gasteiger partial charge in [-0.1, -0.05) is 18.2 Å². The summed E-state index contributed by atoms with van der Waals surface area (Å²) in [5, 5.41) is 8.51. The molecule has 1 aliphatic rings. The van der Waals surface area contributed by atoms with Gasteiger partial charge in [0, 0.05) is 18.7 Å². The lowest BCUT2D eigenvalue weighted by Crippen LogP contribution is -2.20. The molecule has 0 atom stereocenters. The molecule has 3 rings (SSSR count). The van der Waals surface area contributed by atoms with Crippen LogP contribution in [0.5, 0.6) is 0 Å². The Hall–Kier alpha value is -1.94. The summed E-state index contributed by atoms with van der Waals surface area (Å²) in [4.78, 5) is 11.8. The molecule has 0 aromatic carbocycles. The molecular formula is C15H14N2OS. The van der Waals surface area contributed by atoms with Gasteiger partial charge in [0.25, 0.3) is 5.56 Å². The predicted octanol–water partition coefficient (Wildman–Crippen LogP) is 3.24. The van der Waals surface area contributed by atoms with Crippen LogP contribution in [0.1, 0.15) is 18.5 Å². The Kier molecular flexibility index (Phi) is 3.17. The van der Waals surface area contributed by atoms with Crippen molar-refractivity contribution in [2.24, 2.45) is 7.05 Å². The average molecular weight is 270 g/mol. The van der Waals surface area contributed by atoms with E-state index in [1.54, 1.807) is 24.5 Å². The van der Waals surface area contributed by atoms with Gasteiger partial charge in [0.05, 0.1) is 5.69 Å². The molecule has 2 aromatic rings. The molecule has 0 unspecified atom stereocenters. The first-order valence-corrected chi connectivity index (χ1v) is 7.18. The van der Waals surface area contributed by atoms with Gasteiger partial charge in [-0.3, -0.25) is 4.79 Å². The summed E-state index contributed by atoms with van der Waals surface area (Å²) in [6.45, 7) is 0. The largest absolute Gasteiger partial charge is 0.268 e. The Balaban J connectivity index is 2.22. The number of hydrogen-bond donors (Lipinski definition) is 0. The van der Waals surface area contributed by atoms with Gasteiger partial charge in [-0.25, -0.2) is 4.68 Å². The first-order valence-electron chi connectivity index (χ1n) is 6.24. The van der Waals surface area contributed by atoms with E-state index in [0.29, 0.717) is 0 Å². The highest BCUT2D eigenvalue weighted by Gasteiger charge is 2.13. The van der Waals surface area contributed by atoms with E-state index >= 15 is 0 Å². The van der Waals surface area contributed by atoms with E-state index < -0.39 is 0 Å². The maximum Gasteiger partial charge on any atom is 0.267 e. The first-order chi connectivity index (χ1) is 9.25. The van der Waals surface area contributed by atoms with Crippen molar-refractivity contribution >= 4 is 16.9 Å². The van der Waals surface area contributed by atoms with Crippen LogP contribution in [-0.4, -0.2) is 9.78 Å². The van der Waals surface area contributed by atoms with Crippen LogP contribution >= 0.6 is 11.3 Å². The lowest BCUT2D eigenvalue weighted by molar-refractivity contribution is 0.703. The summed E-state index contributed by atoms with van der Waals surface area (Å²) >= 11 is 1.63. The maximum absolute atomic E-state index is 11.8. The summed E-state index contributed by atoms with van der Waals surface area (Å²) in [6, 6.07) is 3.70. The summed E-state index contributed by atoms with van der Waals surface area (Å²) in [6.07, 6.45) is 8.52. The minimum Gasteiger partial charge on any atom is -0.268 e. The molecule has 19 heavy (non-hydrogen) atoms. The van der Waals surface area contributed by atoms with Gasteiger partial charge >= 0.3 is 0 Å².